The number of methoxy groups -OCH3 is 1. The lowest BCUT2D eigenvalue weighted by Gasteiger charge is -2.14. The molecule has 0 fully saturated rings. The molecule has 0 saturated carbocycles. The lowest BCUT2D eigenvalue weighted by Crippen LogP contribution is -2.31. The summed E-state index contributed by atoms with van der Waals surface area (Å²) in [6, 6.07) is 5.23. The predicted octanol–water partition coefficient (Wildman–Crippen LogP) is 3.41. The average Bonchev–Trinajstić information content (AvgIpc) is 3.25. The van der Waals surface area contributed by atoms with Gasteiger partial charge in [-0.05, 0) is 37.0 Å². The Kier molecular flexibility index (Phi) is 6.77. The van der Waals surface area contributed by atoms with Crippen molar-refractivity contribution in [2.24, 2.45) is 0 Å². The Hall–Kier alpha value is -3.41. The molecule has 12 heteroatoms. The van der Waals surface area contributed by atoms with Crippen LogP contribution in [0.1, 0.15) is 19.3 Å². The molecule has 0 atom stereocenters. The number of benzene rings is 2. The highest BCUT2D eigenvalue weighted by Gasteiger charge is 2.31. The van der Waals surface area contributed by atoms with Gasteiger partial charge in [0.2, 0.25) is 10.0 Å². The zero-order chi connectivity index (χ0) is 24.5. The van der Waals surface area contributed by atoms with Crippen LogP contribution in [0.4, 0.5) is 23.2 Å². The van der Waals surface area contributed by atoms with Crippen molar-refractivity contribution < 1.29 is 40.3 Å². The van der Waals surface area contributed by atoms with Crippen molar-refractivity contribution in [1.29, 1.82) is 0 Å². The van der Waals surface area contributed by atoms with E-state index in [-0.39, 0.29) is 41.7 Å². The Labute approximate surface area is 186 Å². The number of hydrogen-bond acceptors (Lipinski definition) is 5. The second-order valence-corrected chi connectivity index (χ2v) is 8.95. The summed E-state index contributed by atoms with van der Waals surface area (Å²) >= 11 is 0. The van der Waals surface area contributed by atoms with Crippen LogP contribution >= 0.6 is 0 Å². The Bertz CT molecular complexity index is 1260. The number of halogens is 4. The number of carbonyl (C=O) groups excluding carboxylic acids is 2. The molecule has 0 heterocycles. The van der Waals surface area contributed by atoms with Crippen molar-refractivity contribution in [2.45, 2.75) is 19.3 Å². The topological polar surface area (TPSA) is 102 Å². The fourth-order valence-corrected chi connectivity index (χ4v) is 3.90. The molecule has 0 unspecified atom stereocenters. The van der Waals surface area contributed by atoms with E-state index >= 15 is 0 Å². The van der Waals surface area contributed by atoms with Gasteiger partial charge in [0.05, 0.1) is 18.9 Å². The van der Waals surface area contributed by atoms with E-state index in [1.807, 2.05) is 0 Å². The van der Waals surface area contributed by atoms with Gasteiger partial charge in [0, 0.05) is 11.1 Å². The zero-order valence-corrected chi connectivity index (χ0v) is 18.2. The fraction of sp³-hybridized carbons (Fsp3) is 0.238. The third-order valence-electron chi connectivity index (χ3n) is 4.90. The normalized spacial score (nSPS) is 13.8. The summed E-state index contributed by atoms with van der Waals surface area (Å²) in [6.07, 6.45) is 1.05. The maximum atomic E-state index is 14.7. The van der Waals surface area contributed by atoms with Crippen molar-refractivity contribution in [2.75, 3.05) is 18.7 Å². The molecule has 1 aliphatic carbocycles. The second kappa shape index (κ2) is 9.22. The van der Waals surface area contributed by atoms with Crippen LogP contribution in [0.3, 0.4) is 0 Å². The third kappa shape index (κ3) is 5.00. The molecule has 0 saturated heterocycles. The maximum Gasteiger partial charge on any atom is 0.261 e. The van der Waals surface area contributed by atoms with Gasteiger partial charge < -0.3 is 10.1 Å². The van der Waals surface area contributed by atoms with Crippen LogP contribution in [-0.4, -0.2) is 33.6 Å². The fourth-order valence-electron chi connectivity index (χ4n) is 3.44. The number of hydrogen-bond donors (Lipinski definition) is 2. The molecule has 0 aliphatic heterocycles. The minimum atomic E-state index is -3.92. The van der Waals surface area contributed by atoms with Crippen molar-refractivity contribution in [3.05, 3.63) is 58.7 Å². The lowest BCUT2D eigenvalue weighted by atomic mass is 10.0. The molecule has 1 aliphatic rings. The molecule has 2 N–H and O–H groups in total. The van der Waals surface area contributed by atoms with Crippen molar-refractivity contribution >= 4 is 27.5 Å². The standard InChI is InChI=1S/C21H18F4N2O5S/c1-32-11-6-3-5-10(9-11)14-15(22)17(24)19(18(25)16(14)23)26-20(28)12-7-4-8-13(12)21(29)27-33(2,30)31/h3,5-6,9H,4,7-8H2,1-2H3,(H,26,28)(H,27,29). The molecule has 2 aromatic carbocycles. The monoisotopic (exact) mass is 486 g/mol. The number of ether oxygens (including phenoxy) is 1. The Morgan fingerprint density at radius 2 is 1.52 bits per heavy atom. The van der Waals surface area contributed by atoms with E-state index in [2.05, 4.69) is 0 Å². The van der Waals surface area contributed by atoms with Gasteiger partial charge in [-0.15, -0.1) is 0 Å². The number of nitrogens with one attached hydrogen (secondary N) is 2. The van der Waals surface area contributed by atoms with Crippen LogP contribution in [0.2, 0.25) is 0 Å². The predicted molar refractivity (Wildman–Crippen MR) is 111 cm³/mol. The lowest BCUT2D eigenvalue weighted by molar-refractivity contribution is -0.117. The smallest absolute Gasteiger partial charge is 0.261 e. The average molecular weight is 486 g/mol. The maximum absolute atomic E-state index is 14.7. The highest BCUT2D eigenvalue weighted by Crippen LogP contribution is 2.36. The Morgan fingerprint density at radius 3 is 2.06 bits per heavy atom. The van der Waals surface area contributed by atoms with E-state index in [0.29, 0.717) is 0 Å². The molecular weight excluding hydrogens is 468 g/mol. The van der Waals surface area contributed by atoms with Gasteiger partial charge in [-0.1, -0.05) is 12.1 Å². The summed E-state index contributed by atoms with van der Waals surface area (Å²) < 4.78 is 88.0. The van der Waals surface area contributed by atoms with Gasteiger partial charge in [0.25, 0.3) is 11.8 Å². The summed E-state index contributed by atoms with van der Waals surface area (Å²) in [5, 5.41) is 1.77. The quantitative estimate of drug-likeness (QED) is 0.482. The van der Waals surface area contributed by atoms with Crippen LogP contribution in [0.5, 0.6) is 5.75 Å². The first-order valence-corrected chi connectivity index (χ1v) is 11.4. The second-order valence-electron chi connectivity index (χ2n) is 7.21. The number of amides is 2. The third-order valence-corrected chi connectivity index (χ3v) is 5.46. The Balaban J connectivity index is 2.00. The first-order chi connectivity index (χ1) is 15.4. The van der Waals surface area contributed by atoms with E-state index in [1.165, 1.54) is 31.4 Å². The highest BCUT2D eigenvalue weighted by atomic mass is 32.2. The van der Waals surface area contributed by atoms with Gasteiger partial charge in [0.15, 0.2) is 23.3 Å². The van der Waals surface area contributed by atoms with Gasteiger partial charge in [0.1, 0.15) is 11.4 Å². The summed E-state index contributed by atoms with van der Waals surface area (Å²) in [5.74, 6) is -9.23. The van der Waals surface area contributed by atoms with Crippen LogP contribution in [-0.2, 0) is 19.6 Å². The summed E-state index contributed by atoms with van der Waals surface area (Å²) in [7, 11) is -2.62. The van der Waals surface area contributed by atoms with E-state index in [0.717, 1.165) is 6.26 Å². The van der Waals surface area contributed by atoms with Crippen LogP contribution in [0, 0.1) is 23.3 Å². The van der Waals surface area contributed by atoms with Gasteiger partial charge >= 0.3 is 0 Å². The van der Waals surface area contributed by atoms with Gasteiger partial charge in [-0.25, -0.2) is 30.7 Å². The van der Waals surface area contributed by atoms with Crippen LogP contribution in [0.25, 0.3) is 11.1 Å². The van der Waals surface area contributed by atoms with E-state index in [1.54, 1.807) is 10.0 Å². The van der Waals surface area contributed by atoms with E-state index < -0.39 is 56.4 Å². The molecule has 0 aromatic heterocycles. The van der Waals surface area contributed by atoms with Gasteiger partial charge in [-0.3, -0.25) is 9.59 Å². The molecule has 2 amide bonds. The molecule has 2 aromatic rings. The first-order valence-electron chi connectivity index (χ1n) is 9.50. The SMILES string of the molecule is COc1cccc(-c2c(F)c(F)c(NC(=O)C3=C(C(=O)NS(C)(=O)=O)CCC3)c(F)c2F)c1. The van der Waals surface area contributed by atoms with Gasteiger partial charge in [-0.2, -0.15) is 0 Å². The number of sulfonamides is 1. The van der Waals surface area contributed by atoms with Crippen LogP contribution in [0.15, 0.2) is 35.4 Å². The minimum Gasteiger partial charge on any atom is -0.497 e. The highest BCUT2D eigenvalue weighted by molar-refractivity contribution is 7.89. The first kappa shape index (κ1) is 24.2. The molecular formula is C21H18F4N2O5S. The molecule has 33 heavy (non-hydrogen) atoms. The van der Waals surface area contributed by atoms with Crippen molar-refractivity contribution in [1.82, 2.24) is 4.72 Å². The largest absolute Gasteiger partial charge is 0.497 e. The number of carbonyl (C=O) groups is 2. The van der Waals surface area contributed by atoms with Crippen LogP contribution < -0.4 is 14.8 Å². The molecule has 176 valence electrons. The summed E-state index contributed by atoms with van der Waals surface area (Å²) in [6.45, 7) is 0. The Morgan fingerprint density at radius 1 is 0.939 bits per heavy atom. The van der Waals surface area contributed by atoms with E-state index in [9.17, 15) is 35.6 Å². The number of rotatable bonds is 6. The molecule has 3 rings (SSSR count). The molecule has 0 spiro atoms. The van der Waals surface area contributed by atoms with Crippen molar-refractivity contribution in [3.8, 4) is 16.9 Å². The number of anilines is 1. The molecule has 0 bridgehead atoms. The summed E-state index contributed by atoms with van der Waals surface area (Å²) in [5.41, 5.74) is -3.00. The summed E-state index contributed by atoms with van der Waals surface area (Å²) in [4.78, 5) is 24.7. The molecule has 0 radical (unpaired) electrons. The minimum absolute atomic E-state index is 0.00551. The van der Waals surface area contributed by atoms with E-state index in [4.69, 9.17) is 4.74 Å². The van der Waals surface area contributed by atoms with Crippen molar-refractivity contribution in [3.63, 3.8) is 0 Å². The zero-order valence-electron chi connectivity index (χ0n) is 17.4. The molecule has 7 nitrogen and oxygen atoms in total.